The first-order valence-corrected chi connectivity index (χ1v) is 6.90. The van der Waals surface area contributed by atoms with Crippen LogP contribution < -0.4 is 0 Å². The van der Waals surface area contributed by atoms with Crippen molar-refractivity contribution in [3.05, 3.63) is 35.4 Å². The van der Waals surface area contributed by atoms with Gasteiger partial charge in [0.1, 0.15) is 0 Å². The minimum absolute atomic E-state index is 0.0684. The summed E-state index contributed by atoms with van der Waals surface area (Å²) in [5.41, 5.74) is 2.64. The average Bonchev–Trinajstić information content (AvgIpc) is 2.39. The highest BCUT2D eigenvalue weighted by Gasteiger charge is 2.23. The van der Waals surface area contributed by atoms with E-state index in [0.29, 0.717) is 19.0 Å². The molecule has 0 fully saturated rings. The monoisotopic (exact) mass is 269 g/mol. The van der Waals surface area contributed by atoms with Crippen molar-refractivity contribution >= 4 is 0 Å². The van der Waals surface area contributed by atoms with Crippen LogP contribution in [0.1, 0.15) is 29.9 Å². The normalized spacial score (nSPS) is 18.9. The second-order valence-corrected chi connectivity index (χ2v) is 5.16. The van der Waals surface area contributed by atoms with Gasteiger partial charge in [0.15, 0.2) is 0 Å². The van der Waals surface area contributed by atoms with Gasteiger partial charge < -0.3 is 5.11 Å². The van der Waals surface area contributed by atoms with Crippen molar-refractivity contribution in [3.63, 3.8) is 0 Å². The molecule has 2 rings (SSSR count). The molecule has 0 radical (unpaired) electrons. The smallest absolute Gasteiger partial charge is 0.251 e. The number of aliphatic hydroxyl groups excluding tert-OH is 1. The standard InChI is InChI=1S/C15H21F2NO/c16-15(17)11-18(8-9-19)10-13-6-3-5-12-4-1-2-7-14(12)13/h1-2,4,7,13,15,19H,3,5-6,8-11H2. The molecule has 2 nitrogen and oxygen atoms in total. The molecule has 0 saturated heterocycles. The predicted octanol–water partition coefficient (Wildman–Crippen LogP) is 2.67. The number of hydrogen-bond donors (Lipinski definition) is 1. The van der Waals surface area contributed by atoms with Gasteiger partial charge >= 0.3 is 0 Å². The molecule has 0 aromatic heterocycles. The Morgan fingerprint density at radius 1 is 1.32 bits per heavy atom. The first-order chi connectivity index (χ1) is 9.20. The second kappa shape index (κ2) is 6.96. The van der Waals surface area contributed by atoms with E-state index in [2.05, 4.69) is 12.1 Å². The molecule has 1 N–H and O–H groups in total. The number of hydrogen-bond acceptors (Lipinski definition) is 2. The van der Waals surface area contributed by atoms with Crippen LogP contribution in [0.3, 0.4) is 0 Å². The average molecular weight is 269 g/mol. The van der Waals surface area contributed by atoms with Gasteiger partial charge in [-0.25, -0.2) is 8.78 Å². The third-order valence-electron chi connectivity index (χ3n) is 3.78. The van der Waals surface area contributed by atoms with Crippen molar-refractivity contribution in [1.29, 1.82) is 0 Å². The zero-order chi connectivity index (χ0) is 13.7. The Labute approximate surface area is 113 Å². The molecule has 0 saturated carbocycles. The molecule has 4 heteroatoms. The van der Waals surface area contributed by atoms with Crippen LogP contribution in [0.25, 0.3) is 0 Å². The molecule has 0 aliphatic heterocycles. The van der Waals surface area contributed by atoms with Crippen LogP contribution in [-0.4, -0.2) is 42.7 Å². The van der Waals surface area contributed by atoms with Gasteiger partial charge in [-0.1, -0.05) is 24.3 Å². The summed E-state index contributed by atoms with van der Waals surface area (Å²) in [6, 6.07) is 8.29. The maximum Gasteiger partial charge on any atom is 0.251 e. The quantitative estimate of drug-likeness (QED) is 0.858. The SMILES string of the molecule is OCCN(CC(F)F)CC1CCCc2ccccc21. The van der Waals surface area contributed by atoms with Crippen LogP contribution in [0.15, 0.2) is 24.3 Å². The van der Waals surface area contributed by atoms with Gasteiger partial charge in [-0.2, -0.15) is 0 Å². The van der Waals surface area contributed by atoms with Gasteiger partial charge in [-0.15, -0.1) is 0 Å². The summed E-state index contributed by atoms with van der Waals surface area (Å²) in [4.78, 5) is 1.68. The van der Waals surface area contributed by atoms with E-state index in [1.54, 1.807) is 4.90 Å². The third kappa shape index (κ3) is 3.98. The minimum atomic E-state index is -2.34. The van der Waals surface area contributed by atoms with Gasteiger partial charge in [0.2, 0.25) is 0 Å². The number of nitrogens with zero attached hydrogens (tertiary/aromatic N) is 1. The van der Waals surface area contributed by atoms with Crippen LogP contribution in [0, 0.1) is 0 Å². The highest BCUT2D eigenvalue weighted by molar-refractivity contribution is 5.32. The van der Waals surface area contributed by atoms with Gasteiger partial charge in [0.05, 0.1) is 13.2 Å². The molecular formula is C15H21F2NO. The Hall–Kier alpha value is -1.00. The molecule has 1 aliphatic rings. The highest BCUT2D eigenvalue weighted by atomic mass is 19.3. The number of fused-ring (bicyclic) bond motifs is 1. The largest absolute Gasteiger partial charge is 0.395 e. The molecule has 19 heavy (non-hydrogen) atoms. The van der Waals surface area contributed by atoms with E-state index in [0.717, 1.165) is 19.3 Å². The number of rotatable bonds is 6. The fourth-order valence-electron chi connectivity index (χ4n) is 2.95. The summed E-state index contributed by atoms with van der Waals surface area (Å²) < 4.78 is 25.1. The lowest BCUT2D eigenvalue weighted by atomic mass is 9.82. The van der Waals surface area contributed by atoms with Crippen LogP contribution >= 0.6 is 0 Å². The molecule has 0 amide bonds. The van der Waals surface area contributed by atoms with Crippen LogP contribution in [0.2, 0.25) is 0 Å². The molecule has 1 aromatic rings. The summed E-state index contributed by atoms with van der Waals surface area (Å²) in [5.74, 6) is 0.315. The number of benzene rings is 1. The van der Waals surface area contributed by atoms with Crippen molar-refractivity contribution in [2.24, 2.45) is 0 Å². The molecule has 1 unspecified atom stereocenters. The number of aryl methyl sites for hydroxylation is 1. The Morgan fingerprint density at radius 2 is 2.11 bits per heavy atom. The zero-order valence-corrected chi connectivity index (χ0v) is 11.1. The van der Waals surface area contributed by atoms with E-state index in [9.17, 15) is 8.78 Å². The molecule has 0 heterocycles. The first-order valence-electron chi connectivity index (χ1n) is 6.90. The lowest BCUT2D eigenvalue weighted by molar-refractivity contribution is 0.0740. The molecular weight excluding hydrogens is 248 g/mol. The van der Waals surface area contributed by atoms with Crippen molar-refractivity contribution in [2.75, 3.05) is 26.2 Å². The van der Waals surface area contributed by atoms with Crippen molar-refractivity contribution in [3.8, 4) is 0 Å². The zero-order valence-electron chi connectivity index (χ0n) is 11.1. The highest BCUT2D eigenvalue weighted by Crippen LogP contribution is 2.32. The maximum atomic E-state index is 12.5. The van der Waals surface area contributed by atoms with Crippen LogP contribution in [0.5, 0.6) is 0 Å². The summed E-state index contributed by atoms with van der Waals surface area (Å²) in [6.07, 6.45) is 0.901. The van der Waals surface area contributed by atoms with Crippen LogP contribution in [0.4, 0.5) is 8.78 Å². The lowest BCUT2D eigenvalue weighted by Gasteiger charge is -2.31. The summed E-state index contributed by atoms with van der Waals surface area (Å²) in [6.45, 7) is 0.616. The van der Waals surface area contributed by atoms with E-state index in [1.165, 1.54) is 11.1 Å². The Bertz CT molecular complexity index is 397. The lowest BCUT2D eigenvalue weighted by Crippen LogP contribution is -2.36. The Balaban J connectivity index is 2.05. The molecule has 1 atom stereocenters. The summed E-state index contributed by atoms with van der Waals surface area (Å²) >= 11 is 0. The van der Waals surface area contributed by atoms with Gasteiger partial charge in [-0.3, -0.25) is 4.90 Å². The van der Waals surface area contributed by atoms with E-state index in [4.69, 9.17) is 5.11 Å². The molecule has 1 aliphatic carbocycles. The van der Waals surface area contributed by atoms with Gasteiger partial charge in [-0.05, 0) is 36.3 Å². The first kappa shape index (κ1) is 14.4. The predicted molar refractivity (Wildman–Crippen MR) is 71.7 cm³/mol. The third-order valence-corrected chi connectivity index (χ3v) is 3.78. The molecule has 0 spiro atoms. The number of alkyl halides is 2. The Kier molecular flexibility index (Phi) is 5.28. The molecule has 1 aromatic carbocycles. The van der Waals surface area contributed by atoms with Crippen molar-refractivity contribution in [1.82, 2.24) is 4.90 Å². The number of halogens is 2. The number of aliphatic hydroxyl groups is 1. The fourth-order valence-corrected chi connectivity index (χ4v) is 2.95. The minimum Gasteiger partial charge on any atom is -0.395 e. The maximum absolute atomic E-state index is 12.5. The Morgan fingerprint density at radius 3 is 2.84 bits per heavy atom. The second-order valence-electron chi connectivity index (χ2n) is 5.16. The van der Waals surface area contributed by atoms with Crippen LogP contribution in [-0.2, 0) is 6.42 Å². The summed E-state index contributed by atoms with van der Waals surface area (Å²) in [5, 5.41) is 8.99. The van der Waals surface area contributed by atoms with Crippen molar-refractivity contribution < 1.29 is 13.9 Å². The van der Waals surface area contributed by atoms with Gasteiger partial charge in [0, 0.05) is 13.1 Å². The van der Waals surface area contributed by atoms with E-state index in [1.807, 2.05) is 12.1 Å². The topological polar surface area (TPSA) is 23.5 Å². The summed E-state index contributed by atoms with van der Waals surface area (Å²) in [7, 11) is 0. The van der Waals surface area contributed by atoms with E-state index < -0.39 is 6.43 Å². The molecule has 106 valence electrons. The van der Waals surface area contributed by atoms with Crippen molar-refractivity contribution in [2.45, 2.75) is 31.6 Å². The fraction of sp³-hybridized carbons (Fsp3) is 0.600. The van der Waals surface area contributed by atoms with E-state index >= 15 is 0 Å². The molecule has 0 bridgehead atoms. The van der Waals surface area contributed by atoms with Gasteiger partial charge in [0.25, 0.3) is 6.43 Å². The van der Waals surface area contributed by atoms with E-state index in [-0.39, 0.29) is 13.2 Å².